The fourth-order valence-electron chi connectivity index (χ4n) is 1.09. The molecule has 100 valence electrons. The molecule has 0 atom stereocenters. The van der Waals surface area contributed by atoms with E-state index in [1.165, 1.54) is 25.2 Å². The Morgan fingerprint density at radius 1 is 1.44 bits per heavy atom. The molecule has 0 amide bonds. The van der Waals surface area contributed by atoms with Crippen LogP contribution in [0, 0.1) is 0 Å². The number of aromatic nitrogens is 1. The van der Waals surface area contributed by atoms with Crippen molar-refractivity contribution in [2.45, 2.75) is 19.9 Å². The third kappa shape index (κ3) is 3.41. The van der Waals surface area contributed by atoms with Crippen LogP contribution in [0.5, 0.6) is 0 Å². The molecule has 0 fully saturated rings. The van der Waals surface area contributed by atoms with Gasteiger partial charge in [0.15, 0.2) is 5.69 Å². The Morgan fingerprint density at radius 3 is 2.56 bits per heavy atom. The molecule has 2 N–H and O–H groups in total. The lowest BCUT2D eigenvalue weighted by Gasteiger charge is -2.21. The van der Waals surface area contributed by atoms with Crippen LogP contribution in [0.3, 0.4) is 0 Å². The smallest absolute Gasteiger partial charge is 0.354 e. The summed E-state index contributed by atoms with van der Waals surface area (Å²) in [6.07, 6.45) is 0. The minimum Gasteiger partial charge on any atom is -0.477 e. The molecule has 1 aromatic heterocycles. The maximum Gasteiger partial charge on any atom is 0.354 e. The van der Waals surface area contributed by atoms with Crippen molar-refractivity contribution in [3.05, 3.63) is 23.9 Å². The summed E-state index contributed by atoms with van der Waals surface area (Å²) >= 11 is 0. The number of carboxylic acid groups (broad SMARTS) is 1. The van der Waals surface area contributed by atoms with Gasteiger partial charge in [-0.25, -0.2) is 9.78 Å². The molecule has 1 heterocycles. The third-order valence-electron chi connectivity index (χ3n) is 2.31. The lowest BCUT2D eigenvalue weighted by atomic mass is 10.3. The molecule has 0 aromatic carbocycles. The molecule has 0 aliphatic rings. The molecule has 0 unspecified atom stereocenters. The summed E-state index contributed by atoms with van der Waals surface area (Å²) in [6.45, 7) is 3.45. The van der Waals surface area contributed by atoms with Crippen LogP contribution >= 0.6 is 0 Å². The molecule has 0 radical (unpaired) electrons. The molecular weight excluding hydrogens is 258 g/mol. The third-order valence-corrected chi connectivity index (χ3v) is 3.96. The Kier molecular flexibility index (Phi) is 4.25. The SMILES string of the molecule is CC(C)N(C)S(=O)(=O)Nc1cccc(C(=O)O)n1. The second kappa shape index (κ2) is 5.32. The summed E-state index contributed by atoms with van der Waals surface area (Å²) in [5.41, 5.74) is -0.220. The molecule has 1 aromatic rings. The van der Waals surface area contributed by atoms with Crippen molar-refractivity contribution in [3.63, 3.8) is 0 Å². The van der Waals surface area contributed by atoms with E-state index in [-0.39, 0.29) is 17.6 Å². The number of anilines is 1. The highest BCUT2D eigenvalue weighted by Gasteiger charge is 2.21. The Hall–Kier alpha value is -1.67. The van der Waals surface area contributed by atoms with Crippen LogP contribution in [0.2, 0.25) is 0 Å². The Labute approximate surface area is 106 Å². The van der Waals surface area contributed by atoms with Gasteiger partial charge in [0.1, 0.15) is 5.82 Å². The minimum atomic E-state index is -3.73. The second-order valence-corrected chi connectivity index (χ2v) is 5.66. The molecule has 1 rings (SSSR count). The molecule has 0 saturated carbocycles. The van der Waals surface area contributed by atoms with Gasteiger partial charge in [-0.3, -0.25) is 4.72 Å². The van der Waals surface area contributed by atoms with Gasteiger partial charge in [0.2, 0.25) is 0 Å². The average molecular weight is 273 g/mol. The van der Waals surface area contributed by atoms with E-state index in [0.29, 0.717) is 0 Å². The van der Waals surface area contributed by atoms with Gasteiger partial charge in [0.05, 0.1) is 0 Å². The van der Waals surface area contributed by atoms with Gasteiger partial charge in [-0.05, 0) is 26.0 Å². The van der Waals surface area contributed by atoms with Crippen LogP contribution in [-0.4, -0.2) is 41.9 Å². The molecule has 7 nitrogen and oxygen atoms in total. The quantitative estimate of drug-likeness (QED) is 0.825. The summed E-state index contributed by atoms with van der Waals surface area (Å²) in [7, 11) is -2.30. The first-order valence-electron chi connectivity index (χ1n) is 5.20. The number of carboxylic acids is 1. The number of carbonyl (C=O) groups is 1. The number of pyridine rings is 1. The first-order chi connectivity index (χ1) is 8.24. The molecule has 0 spiro atoms. The zero-order valence-electron chi connectivity index (χ0n) is 10.3. The van der Waals surface area contributed by atoms with E-state index in [9.17, 15) is 13.2 Å². The summed E-state index contributed by atoms with van der Waals surface area (Å²) in [6, 6.07) is 3.87. The van der Waals surface area contributed by atoms with Crippen molar-refractivity contribution < 1.29 is 18.3 Å². The van der Waals surface area contributed by atoms with Crippen molar-refractivity contribution in [3.8, 4) is 0 Å². The van der Waals surface area contributed by atoms with Gasteiger partial charge in [-0.1, -0.05) is 6.07 Å². The van der Waals surface area contributed by atoms with E-state index < -0.39 is 16.2 Å². The van der Waals surface area contributed by atoms with Crippen molar-refractivity contribution >= 4 is 22.0 Å². The monoisotopic (exact) mass is 273 g/mol. The van der Waals surface area contributed by atoms with Gasteiger partial charge in [0.25, 0.3) is 0 Å². The molecule has 18 heavy (non-hydrogen) atoms. The standard InChI is InChI=1S/C10H15N3O4S/c1-7(2)13(3)18(16,17)12-9-6-4-5-8(11-9)10(14)15/h4-7H,1-3H3,(H,11,12)(H,14,15). The van der Waals surface area contributed by atoms with Crippen molar-refractivity contribution in [2.24, 2.45) is 0 Å². The predicted octanol–water partition coefficient (Wildman–Crippen LogP) is 0.777. The zero-order chi connectivity index (χ0) is 13.9. The maximum atomic E-state index is 11.8. The van der Waals surface area contributed by atoms with Crippen molar-refractivity contribution in [1.82, 2.24) is 9.29 Å². The minimum absolute atomic E-state index is 0.0256. The van der Waals surface area contributed by atoms with Crippen LogP contribution in [0.1, 0.15) is 24.3 Å². The van der Waals surface area contributed by atoms with Gasteiger partial charge in [0, 0.05) is 13.1 Å². The van der Waals surface area contributed by atoms with Crippen LogP contribution in [0.15, 0.2) is 18.2 Å². The van der Waals surface area contributed by atoms with Gasteiger partial charge in [-0.15, -0.1) is 0 Å². The van der Waals surface area contributed by atoms with Gasteiger partial charge < -0.3 is 5.11 Å². The number of rotatable bonds is 5. The highest BCUT2D eigenvalue weighted by atomic mass is 32.2. The van der Waals surface area contributed by atoms with E-state index in [4.69, 9.17) is 5.11 Å². The normalized spacial score (nSPS) is 11.8. The largest absolute Gasteiger partial charge is 0.477 e. The Bertz CT molecular complexity index is 542. The number of nitrogens with zero attached hydrogens (tertiary/aromatic N) is 2. The van der Waals surface area contributed by atoms with Crippen LogP contribution < -0.4 is 4.72 Å². The second-order valence-electron chi connectivity index (χ2n) is 3.93. The highest BCUT2D eigenvalue weighted by Crippen LogP contribution is 2.10. The lowest BCUT2D eigenvalue weighted by Crippen LogP contribution is -2.37. The zero-order valence-corrected chi connectivity index (χ0v) is 11.1. The summed E-state index contributed by atoms with van der Waals surface area (Å²) in [5, 5.41) is 8.75. The number of nitrogens with one attached hydrogen (secondary N) is 1. The Morgan fingerprint density at radius 2 is 2.06 bits per heavy atom. The topological polar surface area (TPSA) is 99.6 Å². The van der Waals surface area contributed by atoms with Crippen molar-refractivity contribution in [1.29, 1.82) is 0 Å². The maximum absolute atomic E-state index is 11.8. The van der Waals surface area contributed by atoms with Crippen LogP contribution in [0.25, 0.3) is 0 Å². The molecule has 0 aliphatic carbocycles. The first-order valence-corrected chi connectivity index (χ1v) is 6.64. The molecule has 0 saturated heterocycles. The fraction of sp³-hybridized carbons (Fsp3) is 0.400. The predicted molar refractivity (Wildman–Crippen MR) is 66.6 cm³/mol. The van der Waals surface area contributed by atoms with E-state index in [1.807, 2.05) is 0 Å². The highest BCUT2D eigenvalue weighted by molar-refractivity contribution is 7.90. The van der Waals surface area contributed by atoms with Crippen LogP contribution in [-0.2, 0) is 10.2 Å². The number of hydrogen-bond acceptors (Lipinski definition) is 4. The Balaban J connectivity index is 2.98. The van der Waals surface area contributed by atoms with E-state index in [1.54, 1.807) is 13.8 Å². The average Bonchev–Trinajstić information content (AvgIpc) is 2.27. The molecule has 0 bridgehead atoms. The van der Waals surface area contributed by atoms with Crippen molar-refractivity contribution in [2.75, 3.05) is 11.8 Å². The summed E-state index contributed by atoms with van der Waals surface area (Å²) in [4.78, 5) is 14.4. The fourth-order valence-corrected chi connectivity index (χ4v) is 2.17. The number of aromatic carboxylic acids is 1. The number of hydrogen-bond donors (Lipinski definition) is 2. The first kappa shape index (κ1) is 14.4. The van der Waals surface area contributed by atoms with E-state index in [0.717, 1.165) is 4.31 Å². The van der Waals surface area contributed by atoms with E-state index in [2.05, 4.69) is 9.71 Å². The van der Waals surface area contributed by atoms with Gasteiger partial charge in [-0.2, -0.15) is 12.7 Å². The van der Waals surface area contributed by atoms with E-state index >= 15 is 0 Å². The lowest BCUT2D eigenvalue weighted by molar-refractivity contribution is 0.0690. The summed E-state index contributed by atoms with van der Waals surface area (Å²) in [5.74, 6) is -1.24. The van der Waals surface area contributed by atoms with Gasteiger partial charge >= 0.3 is 16.2 Å². The molecule has 0 aliphatic heterocycles. The molecule has 8 heteroatoms. The summed E-state index contributed by atoms with van der Waals surface area (Å²) < 4.78 is 27.0. The van der Waals surface area contributed by atoms with Crippen LogP contribution in [0.4, 0.5) is 5.82 Å². The molecular formula is C10H15N3O4S.